The van der Waals surface area contributed by atoms with Crippen molar-refractivity contribution >= 4 is 0 Å². The summed E-state index contributed by atoms with van der Waals surface area (Å²) in [7, 11) is 0. The Kier molecular flexibility index (Phi) is 4.74. The van der Waals surface area contributed by atoms with Crippen LogP contribution in [0.15, 0.2) is 30.3 Å². The molecule has 2 atom stereocenters. The molecule has 1 aliphatic carbocycles. The highest BCUT2D eigenvalue weighted by Crippen LogP contribution is 2.29. The predicted molar refractivity (Wildman–Crippen MR) is 84.8 cm³/mol. The summed E-state index contributed by atoms with van der Waals surface area (Å²) in [5, 5.41) is 3.66. The summed E-state index contributed by atoms with van der Waals surface area (Å²) in [6.45, 7) is 5.90. The van der Waals surface area contributed by atoms with Crippen molar-refractivity contribution in [2.75, 3.05) is 19.6 Å². The lowest BCUT2D eigenvalue weighted by atomic mass is 9.88. The maximum Gasteiger partial charge on any atom is 0.0473 e. The van der Waals surface area contributed by atoms with Crippen LogP contribution in [0.2, 0.25) is 0 Å². The lowest BCUT2D eigenvalue weighted by Crippen LogP contribution is -2.52. The topological polar surface area (TPSA) is 15.3 Å². The van der Waals surface area contributed by atoms with Crippen LogP contribution >= 0.6 is 0 Å². The molecular weight excluding hydrogens is 244 g/mol. The van der Waals surface area contributed by atoms with Crippen LogP contribution in [0.25, 0.3) is 0 Å². The second kappa shape index (κ2) is 6.73. The first-order chi connectivity index (χ1) is 9.83. The third-order valence-electron chi connectivity index (χ3n) is 5.01. The SMILES string of the molecule is CC1CN(CC2CCCCC2)C(c2ccccc2)CN1. The molecular formula is C18H28N2. The Hall–Kier alpha value is -0.860. The molecule has 1 saturated carbocycles. The first-order valence-electron chi connectivity index (χ1n) is 8.35. The van der Waals surface area contributed by atoms with E-state index in [4.69, 9.17) is 0 Å². The summed E-state index contributed by atoms with van der Waals surface area (Å²) in [6, 6.07) is 12.2. The maximum atomic E-state index is 3.66. The lowest BCUT2D eigenvalue weighted by molar-refractivity contribution is 0.103. The van der Waals surface area contributed by atoms with Crippen molar-refractivity contribution < 1.29 is 0 Å². The van der Waals surface area contributed by atoms with Crippen LogP contribution in [0, 0.1) is 5.92 Å². The molecule has 2 unspecified atom stereocenters. The molecule has 0 amide bonds. The van der Waals surface area contributed by atoms with Gasteiger partial charge < -0.3 is 5.32 Å². The van der Waals surface area contributed by atoms with Crippen molar-refractivity contribution in [3.63, 3.8) is 0 Å². The summed E-state index contributed by atoms with van der Waals surface area (Å²) >= 11 is 0. The van der Waals surface area contributed by atoms with Gasteiger partial charge in [0, 0.05) is 31.7 Å². The number of nitrogens with zero attached hydrogens (tertiary/aromatic N) is 1. The normalized spacial score (nSPS) is 29.4. The highest BCUT2D eigenvalue weighted by Gasteiger charge is 2.29. The average Bonchev–Trinajstić information content (AvgIpc) is 2.49. The van der Waals surface area contributed by atoms with Crippen molar-refractivity contribution in [3.05, 3.63) is 35.9 Å². The summed E-state index contributed by atoms with van der Waals surface area (Å²) in [5.74, 6) is 0.931. The van der Waals surface area contributed by atoms with Gasteiger partial charge in [-0.2, -0.15) is 0 Å². The largest absolute Gasteiger partial charge is 0.311 e. The smallest absolute Gasteiger partial charge is 0.0473 e. The summed E-state index contributed by atoms with van der Waals surface area (Å²) in [5.41, 5.74) is 1.47. The highest BCUT2D eigenvalue weighted by molar-refractivity contribution is 5.20. The van der Waals surface area contributed by atoms with E-state index in [9.17, 15) is 0 Å². The second-order valence-electron chi connectivity index (χ2n) is 6.69. The van der Waals surface area contributed by atoms with E-state index in [1.165, 1.54) is 50.8 Å². The quantitative estimate of drug-likeness (QED) is 0.904. The lowest BCUT2D eigenvalue weighted by Gasteiger charge is -2.42. The van der Waals surface area contributed by atoms with Gasteiger partial charge in [0.15, 0.2) is 0 Å². The Morgan fingerprint density at radius 2 is 1.85 bits per heavy atom. The second-order valence-corrected chi connectivity index (χ2v) is 6.69. The molecule has 3 rings (SSSR count). The van der Waals surface area contributed by atoms with Crippen LogP contribution in [0.3, 0.4) is 0 Å². The van der Waals surface area contributed by atoms with Crippen molar-refractivity contribution in [1.82, 2.24) is 10.2 Å². The van der Waals surface area contributed by atoms with Crippen molar-refractivity contribution in [1.29, 1.82) is 0 Å². The van der Waals surface area contributed by atoms with Gasteiger partial charge in [-0.15, -0.1) is 0 Å². The van der Waals surface area contributed by atoms with Crippen LogP contribution in [-0.2, 0) is 0 Å². The minimum atomic E-state index is 0.564. The van der Waals surface area contributed by atoms with Crippen LogP contribution in [0.1, 0.15) is 50.6 Å². The molecule has 110 valence electrons. The molecule has 0 bridgehead atoms. The van der Waals surface area contributed by atoms with Crippen LogP contribution in [0.5, 0.6) is 0 Å². The van der Waals surface area contributed by atoms with Gasteiger partial charge in [0.2, 0.25) is 0 Å². The number of hydrogen-bond acceptors (Lipinski definition) is 2. The van der Waals surface area contributed by atoms with E-state index in [0.717, 1.165) is 12.5 Å². The number of hydrogen-bond donors (Lipinski definition) is 1. The fourth-order valence-corrected chi connectivity index (χ4v) is 3.89. The number of nitrogens with one attached hydrogen (secondary N) is 1. The standard InChI is InChI=1S/C18H28N2/c1-15-13-20(14-16-8-4-2-5-9-16)18(12-19-15)17-10-6-3-7-11-17/h3,6-7,10-11,15-16,18-19H,2,4-5,8-9,12-14H2,1H3. The van der Waals surface area contributed by atoms with Crippen LogP contribution in [0.4, 0.5) is 0 Å². The van der Waals surface area contributed by atoms with E-state index in [0.29, 0.717) is 12.1 Å². The molecule has 0 radical (unpaired) electrons. The van der Waals surface area contributed by atoms with Crippen LogP contribution < -0.4 is 5.32 Å². The van der Waals surface area contributed by atoms with E-state index in [-0.39, 0.29) is 0 Å². The Morgan fingerprint density at radius 3 is 2.60 bits per heavy atom. The van der Waals surface area contributed by atoms with E-state index in [2.05, 4.69) is 47.5 Å². The number of benzene rings is 1. The third-order valence-corrected chi connectivity index (χ3v) is 5.01. The number of rotatable bonds is 3. The Balaban J connectivity index is 1.69. The summed E-state index contributed by atoms with van der Waals surface area (Å²) < 4.78 is 0. The maximum absolute atomic E-state index is 3.66. The van der Waals surface area contributed by atoms with Gasteiger partial charge in [0.05, 0.1) is 0 Å². The Labute approximate surface area is 123 Å². The fraction of sp³-hybridized carbons (Fsp3) is 0.667. The Bertz CT molecular complexity index is 397. The van der Waals surface area contributed by atoms with Gasteiger partial charge >= 0.3 is 0 Å². The molecule has 2 aliphatic rings. The Morgan fingerprint density at radius 1 is 1.10 bits per heavy atom. The van der Waals surface area contributed by atoms with Crippen molar-refractivity contribution in [2.24, 2.45) is 5.92 Å². The van der Waals surface area contributed by atoms with Gasteiger partial charge in [-0.3, -0.25) is 4.90 Å². The molecule has 2 nitrogen and oxygen atoms in total. The summed E-state index contributed by atoms with van der Waals surface area (Å²) in [6.07, 6.45) is 7.24. The molecule has 1 aliphatic heterocycles. The molecule has 2 fully saturated rings. The molecule has 1 saturated heterocycles. The molecule has 0 spiro atoms. The zero-order valence-corrected chi connectivity index (χ0v) is 12.7. The van der Waals surface area contributed by atoms with Gasteiger partial charge in [-0.05, 0) is 31.2 Å². The minimum Gasteiger partial charge on any atom is -0.311 e. The first kappa shape index (κ1) is 14.1. The zero-order chi connectivity index (χ0) is 13.8. The van der Waals surface area contributed by atoms with Gasteiger partial charge in [-0.1, -0.05) is 49.6 Å². The monoisotopic (exact) mass is 272 g/mol. The van der Waals surface area contributed by atoms with Crippen LogP contribution in [-0.4, -0.2) is 30.6 Å². The van der Waals surface area contributed by atoms with Crippen molar-refractivity contribution in [3.8, 4) is 0 Å². The molecule has 1 aromatic carbocycles. The average molecular weight is 272 g/mol. The molecule has 0 aromatic heterocycles. The molecule has 2 heteroatoms. The van der Waals surface area contributed by atoms with Gasteiger partial charge in [-0.25, -0.2) is 0 Å². The van der Waals surface area contributed by atoms with E-state index in [1.54, 1.807) is 0 Å². The molecule has 1 aromatic rings. The molecule has 20 heavy (non-hydrogen) atoms. The molecule has 1 heterocycles. The minimum absolute atomic E-state index is 0.564. The number of piperazine rings is 1. The zero-order valence-electron chi connectivity index (χ0n) is 12.7. The third kappa shape index (κ3) is 3.42. The van der Waals surface area contributed by atoms with E-state index >= 15 is 0 Å². The molecule has 1 N–H and O–H groups in total. The fourth-order valence-electron chi connectivity index (χ4n) is 3.89. The van der Waals surface area contributed by atoms with Gasteiger partial charge in [0.25, 0.3) is 0 Å². The first-order valence-corrected chi connectivity index (χ1v) is 8.35. The van der Waals surface area contributed by atoms with E-state index in [1.807, 2.05) is 0 Å². The van der Waals surface area contributed by atoms with Gasteiger partial charge in [0.1, 0.15) is 0 Å². The predicted octanol–water partition coefficient (Wildman–Crippen LogP) is 3.60. The highest BCUT2D eigenvalue weighted by atomic mass is 15.2. The van der Waals surface area contributed by atoms with E-state index < -0.39 is 0 Å². The summed E-state index contributed by atoms with van der Waals surface area (Å²) in [4.78, 5) is 2.74. The van der Waals surface area contributed by atoms with Crippen molar-refractivity contribution in [2.45, 2.75) is 51.1 Å².